The lowest BCUT2D eigenvalue weighted by molar-refractivity contribution is -0.117. The molecule has 18 heavy (non-hydrogen) atoms. The highest BCUT2D eigenvalue weighted by molar-refractivity contribution is 8.00. The molecule has 0 bridgehead atoms. The van der Waals surface area contributed by atoms with Gasteiger partial charge in [-0.25, -0.2) is 4.98 Å². The van der Waals surface area contributed by atoms with Gasteiger partial charge in [0.2, 0.25) is 5.91 Å². The van der Waals surface area contributed by atoms with Gasteiger partial charge in [-0.15, -0.1) is 0 Å². The Labute approximate surface area is 112 Å². The molecule has 1 amide bonds. The monoisotopic (exact) mass is 267 g/mol. The van der Waals surface area contributed by atoms with E-state index < -0.39 is 0 Å². The van der Waals surface area contributed by atoms with E-state index >= 15 is 0 Å². The highest BCUT2D eigenvalue weighted by Crippen LogP contribution is 2.36. The van der Waals surface area contributed by atoms with Crippen molar-refractivity contribution in [3.8, 4) is 0 Å². The Morgan fingerprint density at radius 2 is 2.06 bits per heavy atom. The van der Waals surface area contributed by atoms with Crippen molar-refractivity contribution in [1.29, 1.82) is 0 Å². The summed E-state index contributed by atoms with van der Waals surface area (Å²) in [5, 5.41) is 0.717. The first-order valence-corrected chi connectivity index (χ1v) is 7.40. The van der Waals surface area contributed by atoms with Gasteiger partial charge in [0.25, 0.3) is 0 Å². The first-order valence-electron chi connectivity index (χ1n) is 6.52. The van der Waals surface area contributed by atoms with Gasteiger partial charge < -0.3 is 10.3 Å². The zero-order valence-corrected chi connectivity index (χ0v) is 12.1. The first kappa shape index (κ1) is 13.5. The Hall–Kier alpha value is -0.970. The third-order valence-electron chi connectivity index (χ3n) is 3.73. The van der Waals surface area contributed by atoms with Crippen molar-refractivity contribution in [2.24, 2.45) is 5.73 Å². The molecule has 1 aliphatic carbocycles. The number of aromatic nitrogens is 2. The third-order valence-corrected chi connectivity index (χ3v) is 4.81. The Bertz CT molecular complexity index is 449. The van der Waals surface area contributed by atoms with Gasteiger partial charge in [0, 0.05) is 11.7 Å². The number of imidazole rings is 1. The summed E-state index contributed by atoms with van der Waals surface area (Å²) in [6, 6.07) is 0.550. The van der Waals surface area contributed by atoms with Gasteiger partial charge in [0.15, 0.2) is 5.16 Å². The fraction of sp³-hybridized carbons (Fsp3) is 0.692. The van der Waals surface area contributed by atoms with Crippen LogP contribution >= 0.6 is 11.8 Å². The predicted octanol–water partition coefficient (Wildman–Crippen LogP) is 2.58. The summed E-state index contributed by atoms with van der Waals surface area (Å²) in [6.07, 6.45) is 5.01. The van der Waals surface area contributed by atoms with E-state index in [0.717, 1.165) is 10.9 Å². The van der Waals surface area contributed by atoms with Crippen LogP contribution in [0.25, 0.3) is 0 Å². The number of hydrogen-bond donors (Lipinski definition) is 1. The molecule has 0 aromatic carbocycles. The van der Waals surface area contributed by atoms with E-state index in [9.17, 15) is 4.79 Å². The van der Waals surface area contributed by atoms with Gasteiger partial charge >= 0.3 is 0 Å². The number of carbonyl (C=O) groups excluding carboxylic acids is 1. The zero-order valence-electron chi connectivity index (χ0n) is 11.3. The van der Waals surface area contributed by atoms with Gasteiger partial charge in [-0.3, -0.25) is 4.79 Å². The van der Waals surface area contributed by atoms with Gasteiger partial charge in [0.05, 0.1) is 10.9 Å². The van der Waals surface area contributed by atoms with Crippen LogP contribution in [-0.4, -0.2) is 20.7 Å². The molecule has 2 rings (SSSR count). The lowest BCUT2D eigenvalue weighted by Gasteiger charge is -2.17. The van der Waals surface area contributed by atoms with Crippen LogP contribution in [-0.2, 0) is 4.79 Å². The summed E-state index contributed by atoms with van der Waals surface area (Å²) in [5.41, 5.74) is 7.62. The number of amides is 1. The molecule has 1 aromatic rings. The summed E-state index contributed by atoms with van der Waals surface area (Å²) < 4.78 is 2.31. The molecule has 0 spiro atoms. The van der Waals surface area contributed by atoms with Crippen molar-refractivity contribution in [3.05, 3.63) is 11.4 Å². The Balaban J connectivity index is 2.28. The highest BCUT2D eigenvalue weighted by atomic mass is 32.2. The van der Waals surface area contributed by atoms with Crippen LogP contribution in [0.5, 0.6) is 0 Å². The van der Waals surface area contributed by atoms with Crippen LogP contribution in [0.4, 0.5) is 0 Å². The van der Waals surface area contributed by atoms with Crippen LogP contribution in [0.3, 0.4) is 0 Å². The molecule has 4 nitrogen and oxygen atoms in total. The summed E-state index contributed by atoms with van der Waals surface area (Å²) in [7, 11) is 0. The maximum atomic E-state index is 11.2. The van der Waals surface area contributed by atoms with Gasteiger partial charge in [-0.1, -0.05) is 24.6 Å². The average Bonchev–Trinajstić information content (AvgIpc) is 2.89. The van der Waals surface area contributed by atoms with E-state index in [1.165, 1.54) is 43.1 Å². The SMILES string of the molecule is Cc1nc(S[C@@H](C)C(N)=O)n(C2CCCC2)c1C. The number of rotatable bonds is 4. The fourth-order valence-electron chi connectivity index (χ4n) is 2.49. The maximum Gasteiger partial charge on any atom is 0.230 e. The van der Waals surface area contributed by atoms with Crippen molar-refractivity contribution >= 4 is 17.7 Å². The van der Waals surface area contributed by atoms with Crippen molar-refractivity contribution in [2.75, 3.05) is 0 Å². The molecule has 0 unspecified atom stereocenters. The summed E-state index contributed by atoms with van der Waals surface area (Å²) >= 11 is 1.48. The second-order valence-electron chi connectivity index (χ2n) is 5.04. The maximum absolute atomic E-state index is 11.2. The van der Waals surface area contributed by atoms with Crippen LogP contribution in [0, 0.1) is 13.8 Å². The van der Waals surface area contributed by atoms with Gasteiger partial charge in [0.1, 0.15) is 0 Å². The van der Waals surface area contributed by atoms with E-state index in [4.69, 9.17) is 5.73 Å². The zero-order chi connectivity index (χ0) is 13.3. The molecular weight excluding hydrogens is 246 g/mol. The van der Waals surface area contributed by atoms with Crippen molar-refractivity contribution < 1.29 is 4.79 Å². The summed E-state index contributed by atoms with van der Waals surface area (Å²) in [6.45, 7) is 5.98. The molecule has 1 atom stereocenters. The van der Waals surface area contributed by atoms with E-state index in [1.54, 1.807) is 0 Å². The van der Waals surface area contributed by atoms with E-state index in [0.29, 0.717) is 6.04 Å². The topological polar surface area (TPSA) is 60.9 Å². The van der Waals surface area contributed by atoms with Crippen LogP contribution in [0.2, 0.25) is 0 Å². The molecule has 0 aliphatic heterocycles. The lowest BCUT2D eigenvalue weighted by Crippen LogP contribution is -2.23. The average molecular weight is 267 g/mol. The standard InChI is InChI=1S/C13H21N3OS/c1-8-9(2)16(11-6-4-5-7-11)13(15-8)18-10(3)12(14)17/h10-11H,4-7H2,1-3H3,(H2,14,17)/t10-/m0/s1. The van der Waals surface area contributed by atoms with Crippen molar-refractivity contribution in [1.82, 2.24) is 9.55 Å². The van der Waals surface area contributed by atoms with Crippen LogP contribution in [0.15, 0.2) is 5.16 Å². The van der Waals surface area contributed by atoms with Gasteiger partial charge in [-0.2, -0.15) is 0 Å². The number of nitrogens with zero attached hydrogens (tertiary/aromatic N) is 2. The van der Waals surface area contributed by atoms with E-state index in [2.05, 4.69) is 16.5 Å². The molecule has 2 N–H and O–H groups in total. The van der Waals surface area contributed by atoms with Crippen molar-refractivity contribution in [2.45, 2.75) is 62.9 Å². The molecule has 1 aromatic heterocycles. The molecule has 5 heteroatoms. The minimum Gasteiger partial charge on any atom is -0.369 e. The number of aryl methyl sites for hydroxylation is 1. The smallest absolute Gasteiger partial charge is 0.230 e. The molecule has 1 aliphatic rings. The minimum atomic E-state index is -0.281. The molecule has 1 heterocycles. The number of primary amides is 1. The molecule has 1 saturated carbocycles. The number of thioether (sulfide) groups is 1. The second-order valence-corrected chi connectivity index (χ2v) is 6.34. The van der Waals surface area contributed by atoms with Crippen molar-refractivity contribution in [3.63, 3.8) is 0 Å². The first-order chi connectivity index (χ1) is 8.50. The summed E-state index contributed by atoms with van der Waals surface area (Å²) in [4.78, 5) is 15.8. The molecular formula is C13H21N3OS. The molecule has 0 saturated heterocycles. The molecule has 0 radical (unpaired) electrons. The van der Waals surface area contributed by atoms with Crippen LogP contribution in [0.1, 0.15) is 50.0 Å². The molecule has 100 valence electrons. The van der Waals surface area contributed by atoms with E-state index in [-0.39, 0.29) is 11.2 Å². The predicted molar refractivity (Wildman–Crippen MR) is 73.7 cm³/mol. The number of hydrogen-bond acceptors (Lipinski definition) is 3. The molecule has 1 fully saturated rings. The largest absolute Gasteiger partial charge is 0.369 e. The van der Waals surface area contributed by atoms with Crippen LogP contribution < -0.4 is 5.73 Å². The third kappa shape index (κ3) is 2.55. The normalized spacial score (nSPS) is 18.2. The highest BCUT2D eigenvalue weighted by Gasteiger charge is 2.24. The van der Waals surface area contributed by atoms with Gasteiger partial charge in [-0.05, 0) is 33.6 Å². The number of carbonyl (C=O) groups is 1. The second kappa shape index (κ2) is 5.34. The Morgan fingerprint density at radius 1 is 1.44 bits per heavy atom. The quantitative estimate of drug-likeness (QED) is 0.853. The Kier molecular flexibility index (Phi) is 4.00. The Morgan fingerprint density at radius 3 is 2.61 bits per heavy atom. The summed E-state index contributed by atoms with van der Waals surface area (Å²) in [5.74, 6) is -0.281. The van der Waals surface area contributed by atoms with E-state index in [1.807, 2.05) is 13.8 Å². The lowest BCUT2D eigenvalue weighted by atomic mass is 10.2. The minimum absolute atomic E-state index is 0.230. The number of nitrogens with two attached hydrogens (primary N) is 1. The fourth-order valence-corrected chi connectivity index (χ4v) is 3.51.